The fourth-order valence-electron chi connectivity index (χ4n) is 3.11. The molecule has 1 atom stereocenters. The van der Waals surface area contributed by atoms with Crippen LogP contribution in [0.3, 0.4) is 0 Å². The van der Waals surface area contributed by atoms with Crippen molar-refractivity contribution in [2.24, 2.45) is 5.73 Å². The molecule has 1 aromatic heterocycles. The lowest BCUT2D eigenvalue weighted by molar-refractivity contribution is 0.387. The van der Waals surface area contributed by atoms with Crippen LogP contribution >= 0.6 is 15.9 Å². The second-order valence-electron chi connectivity index (χ2n) is 5.72. The van der Waals surface area contributed by atoms with Gasteiger partial charge in [-0.2, -0.15) is 5.26 Å². The lowest BCUT2D eigenvalue weighted by atomic mass is 9.83. The summed E-state index contributed by atoms with van der Waals surface area (Å²) in [7, 11) is 0. The van der Waals surface area contributed by atoms with E-state index in [1.807, 2.05) is 6.07 Å². The predicted molar refractivity (Wildman–Crippen MR) is 95.9 cm³/mol. The van der Waals surface area contributed by atoms with Crippen LogP contribution in [0.4, 0.5) is 4.39 Å². The van der Waals surface area contributed by atoms with E-state index in [1.165, 1.54) is 12.1 Å². The standard InChI is InChI=1S/C19H10BrFN2O3/c20-9-5-6-10(13(21)7-9)15-12(8-22)18(23)26-17-11-3-1-2-4-14(11)25-19(24)16(15)17/h1-7,15H,23H2. The van der Waals surface area contributed by atoms with Crippen LogP contribution in [0.25, 0.3) is 11.0 Å². The molecule has 0 amide bonds. The summed E-state index contributed by atoms with van der Waals surface area (Å²) in [5.41, 5.74) is 5.69. The van der Waals surface area contributed by atoms with E-state index >= 15 is 0 Å². The van der Waals surface area contributed by atoms with Gasteiger partial charge in [0.25, 0.3) is 0 Å². The number of hydrogen-bond donors (Lipinski definition) is 1. The molecule has 2 N–H and O–H groups in total. The van der Waals surface area contributed by atoms with E-state index in [2.05, 4.69) is 15.9 Å². The molecule has 0 bridgehead atoms. The maximum absolute atomic E-state index is 14.6. The number of benzene rings is 2. The number of nitrogens with zero attached hydrogens (tertiary/aromatic N) is 1. The zero-order valence-corrected chi connectivity index (χ0v) is 14.7. The maximum atomic E-state index is 14.6. The van der Waals surface area contributed by atoms with Gasteiger partial charge in [-0.25, -0.2) is 9.18 Å². The van der Waals surface area contributed by atoms with Gasteiger partial charge in [0.2, 0.25) is 5.88 Å². The Hall–Kier alpha value is -3.11. The molecule has 4 rings (SSSR count). The summed E-state index contributed by atoms with van der Waals surface area (Å²) in [6.45, 7) is 0. The van der Waals surface area contributed by atoms with Crippen LogP contribution in [0, 0.1) is 17.1 Å². The molecule has 7 heteroatoms. The summed E-state index contributed by atoms with van der Waals surface area (Å²) in [6.07, 6.45) is 0. The molecule has 5 nitrogen and oxygen atoms in total. The monoisotopic (exact) mass is 412 g/mol. The first kappa shape index (κ1) is 16.4. The fraction of sp³-hybridized carbons (Fsp3) is 0.0526. The van der Waals surface area contributed by atoms with Gasteiger partial charge >= 0.3 is 5.63 Å². The van der Waals surface area contributed by atoms with Gasteiger partial charge < -0.3 is 14.9 Å². The van der Waals surface area contributed by atoms with Gasteiger partial charge in [-0.1, -0.05) is 34.1 Å². The molecule has 2 aromatic carbocycles. The zero-order chi connectivity index (χ0) is 18.4. The average Bonchev–Trinajstić information content (AvgIpc) is 2.61. The second kappa shape index (κ2) is 6.00. The molecule has 2 heterocycles. The Kier molecular flexibility index (Phi) is 3.78. The third-order valence-corrected chi connectivity index (χ3v) is 4.74. The number of nitriles is 1. The number of hydrogen-bond acceptors (Lipinski definition) is 5. The van der Waals surface area contributed by atoms with Crippen molar-refractivity contribution < 1.29 is 13.5 Å². The number of para-hydroxylation sites is 1. The third-order valence-electron chi connectivity index (χ3n) is 4.25. The summed E-state index contributed by atoms with van der Waals surface area (Å²) in [4.78, 5) is 12.7. The first-order valence-corrected chi connectivity index (χ1v) is 8.39. The largest absolute Gasteiger partial charge is 0.439 e. The molecule has 1 aliphatic heterocycles. The van der Waals surface area contributed by atoms with Gasteiger partial charge in [0.1, 0.15) is 23.0 Å². The Balaban J connectivity index is 2.10. The Bertz CT molecular complexity index is 1190. The number of halogens is 2. The van der Waals surface area contributed by atoms with Crippen molar-refractivity contribution in [1.82, 2.24) is 0 Å². The van der Waals surface area contributed by atoms with Crippen molar-refractivity contribution in [3.8, 4) is 11.8 Å². The summed E-state index contributed by atoms with van der Waals surface area (Å²) in [5.74, 6) is -1.58. The Morgan fingerprint density at radius 2 is 2.00 bits per heavy atom. The molecule has 128 valence electrons. The number of rotatable bonds is 1. The number of allylic oxidation sites excluding steroid dienone is 1. The van der Waals surface area contributed by atoms with E-state index in [0.717, 1.165) is 0 Å². The van der Waals surface area contributed by atoms with Crippen LogP contribution in [0.15, 0.2) is 67.6 Å². The summed E-state index contributed by atoms with van der Waals surface area (Å²) >= 11 is 3.20. The van der Waals surface area contributed by atoms with Crippen LogP contribution in [-0.2, 0) is 0 Å². The van der Waals surface area contributed by atoms with Gasteiger partial charge in [0.15, 0.2) is 5.75 Å². The number of nitrogens with two attached hydrogens (primary N) is 1. The highest BCUT2D eigenvalue weighted by Crippen LogP contribution is 2.44. The minimum absolute atomic E-state index is 0.0405. The minimum atomic E-state index is -1.02. The van der Waals surface area contributed by atoms with Crippen molar-refractivity contribution in [3.05, 3.63) is 85.8 Å². The highest BCUT2D eigenvalue weighted by molar-refractivity contribution is 9.10. The number of fused-ring (bicyclic) bond motifs is 3. The molecule has 0 spiro atoms. The molecule has 0 fully saturated rings. The highest BCUT2D eigenvalue weighted by atomic mass is 79.9. The summed E-state index contributed by atoms with van der Waals surface area (Å²) < 4.78 is 26.1. The van der Waals surface area contributed by atoms with E-state index in [-0.39, 0.29) is 28.3 Å². The van der Waals surface area contributed by atoms with Gasteiger partial charge in [-0.3, -0.25) is 0 Å². The van der Waals surface area contributed by atoms with E-state index in [9.17, 15) is 14.4 Å². The third kappa shape index (κ3) is 2.38. The molecule has 1 unspecified atom stereocenters. The topological polar surface area (TPSA) is 89.3 Å². The van der Waals surface area contributed by atoms with E-state index in [0.29, 0.717) is 15.4 Å². The Morgan fingerprint density at radius 1 is 1.23 bits per heavy atom. The van der Waals surface area contributed by atoms with Crippen LogP contribution in [0.2, 0.25) is 0 Å². The van der Waals surface area contributed by atoms with Crippen molar-refractivity contribution >= 4 is 26.9 Å². The molecule has 1 aliphatic rings. The number of ether oxygens (including phenoxy) is 1. The van der Waals surface area contributed by atoms with Crippen LogP contribution in [-0.4, -0.2) is 0 Å². The van der Waals surface area contributed by atoms with Gasteiger partial charge in [0.05, 0.1) is 16.9 Å². The van der Waals surface area contributed by atoms with Crippen LogP contribution in [0.1, 0.15) is 17.0 Å². The second-order valence-corrected chi connectivity index (χ2v) is 6.63. The summed E-state index contributed by atoms with van der Waals surface area (Å²) in [6, 6.07) is 13.1. The first-order valence-electron chi connectivity index (χ1n) is 7.59. The van der Waals surface area contributed by atoms with Crippen molar-refractivity contribution in [2.75, 3.05) is 0 Å². The molecule has 0 saturated carbocycles. The van der Waals surface area contributed by atoms with Gasteiger partial charge in [0, 0.05) is 10.0 Å². The molecular weight excluding hydrogens is 403 g/mol. The average molecular weight is 413 g/mol. The first-order chi connectivity index (χ1) is 12.5. The fourth-order valence-corrected chi connectivity index (χ4v) is 3.45. The van der Waals surface area contributed by atoms with Gasteiger partial charge in [-0.05, 0) is 24.3 Å². The van der Waals surface area contributed by atoms with E-state index in [4.69, 9.17) is 14.9 Å². The molecule has 0 aliphatic carbocycles. The van der Waals surface area contributed by atoms with E-state index in [1.54, 1.807) is 30.3 Å². The van der Waals surface area contributed by atoms with Crippen LogP contribution < -0.4 is 16.1 Å². The molecule has 0 radical (unpaired) electrons. The van der Waals surface area contributed by atoms with Crippen molar-refractivity contribution in [1.29, 1.82) is 5.26 Å². The van der Waals surface area contributed by atoms with Gasteiger partial charge in [-0.15, -0.1) is 0 Å². The van der Waals surface area contributed by atoms with Crippen molar-refractivity contribution in [3.63, 3.8) is 0 Å². The summed E-state index contributed by atoms with van der Waals surface area (Å²) in [5, 5.41) is 10.1. The molecule has 26 heavy (non-hydrogen) atoms. The van der Waals surface area contributed by atoms with E-state index < -0.39 is 17.4 Å². The molecule has 0 saturated heterocycles. The SMILES string of the molecule is N#CC1=C(N)Oc2c(c(=O)oc3ccccc23)C1c1ccc(Br)cc1F. The van der Waals surface area contributed by atoms with Crippen LogP contribution in [0.5, 0.6) is 5.75 Å². The minimum Gasteiger partial charge on any atom is -0.439 e. The molecule has 3 aromatic rings. The lowest BCUT2D eigenvalue weighted by Gasteiger charge is -2.26. The predicted octanol–water partition coefficient (Wildman–Crippen LogP) is 3.91. The Morgan fingerprint density at radius 3 is 2.73 bits per heavy atom. The highest BCUT2D eigenvalue weighted by Gasteiger charge is 2.36. The molecular formula is C19H10BrFN2O3. The quantitative estimate of drug-likeness (QED) is 0.611. The van der Waals surface area contributed by atoms with Crippen molar-refractivity contribution in [2.45, 2.75) is 5.92 Å². The zero-order valence-electron chi connectivity index (χ0n) is 13.1. The Labute approximate surface area is 155 Å². The lowest BCUT2D eigenvalue weighted by Crippen LogP contribution is -2.26. The normalized spacial score (nSPS) is 16.1. The smallest absolute Gasteiger partial charge is 0.344 e. The maximum Gasteiger partial charge on any atom is 0.344 e.